The summed E-state index contributed by atoms with van der Waals surface area (Å²) >= 11 is 0.917. The number of thioether (sulfide) groups is 1. The smallest absolute Gasteiger partial charge is 0.320 e. The zero-order valence-electron chi connectivity index (χ0n) is 16.2. The third kappa shape index (κ3) is 4.19. The Kier molecular flexibility index (Phi) is 5.63. The van der Waals surface area contributed by atoms with E-state index < -0.39 is 27.9 Å². The van der Waals surface area contributed by atoms with E-state index in [1.54, 1.807) is 6.92 Å². The number of hydrogen-bond donors (Lipinski definition) is 2. The number of nitrogens with two attached hydrogens (primary N) is 1. The number of benzene rings is 1. The highest BCUT2D eigenvalue weighted by molar-refractivity contribution is 8.15. The number of aromatic nitrogens is 1. The van der Waals surface area contributed by atoms with Crippen molar-refractivity contribution in [1.82, 2.24) is 4.98 Å². The van der Waals surface area contributed by atoms with Crippen LogP contribution in [-0.2, 0) is 10.3 Å². The van der Waals surface area contributed by atoms with Crippen LogP contribution in [0.3, 0.4) is 0 Å². The topological polar surface area (TPSA) is 112 Å². The maximum absolute atomic E-state index is 14.7. The highest BCUT2D eigenvalue weighted by Gasteiger charge is 2.47. The molecule has 1 aromatic heterocycles. The Bertz CT molecular complexity index is 1110. The van der Waals surface area contributed by atoms with E-state index in [1.165, 1.54) is 49.5 Å². The summed E-state index contributed by atoms with van der Waals surface area (Å²) in [6, 6.07) is 8.71. The van der Waals surface area contributed by atoms with Gasteiger partial charge < -0.3 is 10.8 Å². The largest absolute Gasteiger partial charge is 0.480 e. The van der Waals surface area contributed by atoms with Crippen LogP contribution in [0.5, 0.6) is 0 Å². The molecule has 3 rings (SSSR count). The second-order valence-corrected chi connectivity index (χ2v) is 8.84. The van der Waals surface area contributed by atoms with E-state index in [-0.39, 0.29) is 22.8 Å². The number of carboxylic acids is 1. The molecule has 9 heteroatoms. The van der Waals surface area contributed by atoms with Crippen LogP contribution in [0.25, 0.3) is 11.9 Å². The molecule has 0 amide bonds. The van der Waals surface area contributed by atoms with E-state index in [0.717, 1.165) is 11.8 Å². The molecule has 0 saturated heterocycles. The minimum atomic E-state index is -1.28. The first-order valence-electron chi connectivity index (χ1n) is 8.88. The quantitative estimate of drug-likeness (QED) is 0.759. The molecule has 0 spiro atoms. The molecule has 2 aromatic rings. The number of halogens is 2. The molecule has 154 valence electrons. The van der Waals surface area contributed by atoms with Crippen LogP contribution in [-0.4, -0.2) is 26.0 Å². The molecule has 0 fully saturated rings. The number of carbonyl (C=O) groups is 1. The van der Waals surface area contributed by atoms with E-state index in [1.807, 2.05) is 6.07 Å². The maximum Gasteiger partial charge on any atom is 0.320 e. The number of carboxylic acid groups (broad SMARTS) is 1. The number of nitrogens with zero attached hydrogens (tertiary/aromatic N) is 3. The van der Waals surface area contributed by atoms with Gasteiger partial charge >= 0.3 is 5.97 Å². The first-order valence-corrected chi connectivity index (χ1v) is 9.69. The number of hydrogen-bond acceptors (Lipinski definition) is 6. The summed E-state index contributed by atoms with van der Waals surface area (Å²) in [7, 11) is 0. The third-order valence-corrected chi connectivity index (χ3v) is 5.89. The number of pyridine rings is 1. The van der Waals surface area contributed by atoms with Crippen LogP contribution in [0.1, 0.15) is 42.7 Å². The predicted octanol–water partition coefficient (Wildman–Crippen LogP) is 4.07. The van der Waals surface area contributed by atoms with Crippen molar-refractivity contribution in [1.29, 1.82) is 5.26 Å². The van der Waals surface area contributed by atoms with Gasteiger partial charge in [-0.05, 0) is 49.8 Å². The van der Waals surface area contributed by atoms with Crippen molar-refractivity contribution in [2.24, 2.45) is 10.7 Å². The van der Waals surface area contributed by atoms with Gasteiger partial charge in [-0.2, -0.15) is 5.26 Å². The standard InChI is InChI=1S/C21H18F2N4O2S/c1-20(11-21(2,18(28)29)30-19(25)27-20)14-7-12(3-5-15(14)22)8-16(23)17-6-4-13(9-24)10-26-17/h3-8,10H,11H2,1-2H3,(H2,25,27)(H,28,29)/b16-8-. The molecular weight excluding hydrogens is 410 g/mol. The van der Waals surface area contributed by atoms with Crippen molar-refractivity contribution in [3.63, 3.8) is 0 Å². The van der Waals surface area contributed by atoms with E-state index in [4.69, 9.17) is 11.0 Å². The van der Waals surface area contributed by atoms with Gasteiger partial charge in [0.25, 0.3) is 0 Å². The van der Waals surface area contributed by atoms with E-state index >= 15 is 0 Å². The van der Waals surface area contributed by atoms with Gasteiger partial charge in [-0.1, -0.05) is 17.8 Å². The number of rotatable bonds is 4. The Balaban J connectivity index is 2.02. The molecule has 1 aliphatic rings. The average molecular weight is 428 g/mol. The summed E-state index contributed by atoms with van der Waals surface area (Å²) in [5.41, 5.74) is 5.41. The van der Waals surface area contributed by atoms with Crippen molar-refractivity contribution in [3.05, 3.63) is 64.7 Å². The van der Waals surface area contributed by atoms with Gasteiger partial charge in [0, 0.05) is 18.2 Å². The second kappa shape index (κ2) is 7.88. The fraction of sp³-hybridized carbons (Fsp3) is 0.238. The number of amidine groups is 1. The van der Waals surface area contributed by atoms with Gasteiger partial charge in [-0.25, -0.2) is 8.78 Å². The van der Waals surface area contributed by atoms with Crippen molar-refractivity contribution < 1.29 is 18.7 Å². The zero-order chi connectivity index (χ0) is 22.1. The summed E-state index contributed by atoms with van der Waals surface area (Å²) in [5, 5.41) is 18.4. The molecule has 0 saturated carbocycles. The van der Waals surface area contributed by atoms with Gasteiger partial charge in [0.05, 0.1) is 16.8 Å². The highest BCUT2D eigenvalue weighted by Crippen LogP contribution is 2.46. The Labute approximate surface area is 176 Å². The number of aliphatic imine (C=N–C) groups is 1. The maximum atomic E-state index is 14.7. The van der Waals surface area contributed by atoms with Crippen LogP contribution in [0, 0.1) is 17.1 Å². The number of nitriles is 1. The van der Waals surface area contributed by atoms with Gasteiger partial charge in [0.15, 0.2) is 5.17 Å². The van der Waals surface area contributed by atoms with Crippen molar-refractivity contribution in [3.8, 4) is 6.07 Å². The Morgan fingerprint density at radius 1 is 1.37 bits per heavy atom. The molecule has 30 heavy (non-hydrogen) atoms. The highest BCUT2D eigenvalue weighted by atomic mass is 32.2. The Morgan fingerprint density at radius 2 is 2.10 bits per heavy atom. The molecule has 2 heterocycles. The lowest BCUT2D eigenvalue weighted by Crippen LogP contribution is -2.45. The molecule has 1 aliphatic heterocycles. The van der Waals surface area contributed by atoms with E-state index in [0.29, 0.717) is 11.1 Å². The van der Waals surface area contributed by atoms with Crippen LogP contribution < -0.4 is 5.73 Å². The summed E-state index contributed by atoms with van der Waals surface area (Å²) in [6.45, 7) is 3.11. The normalized spacial score (nSPS) is 24.1. The van der Waals surface area contributed by atoms with E-state index in [2.05, 4.69) is 9.98 Å². The molecule has 0 aliphatic carbocycles. The lowest BCUT2D eigenvalue weighted by Gasteiger charge is -2.38. The lowest BCUT2D eigenvalue weighted by molar-refractivity contribution is -0.140. The van der Waals surface area contributed by atoms with Gasteiger partial charge in [-0.3, -0.25) is 14.8 Å². The molecule has 2 atom stereocenters. The fourth-order valence-corrected chi connectivity index (χ4v) is 4.52. The lowest BCUT2D eigenvalue weighted by atomic mass is 9.82. The molecule has 2 unspecified atom stereocenters. The Morgan fingerprint density at radius 3 is 2.70 bits per heavy atom. The summed E-state index contributed by atoms with van der Waals surface area (Å²) in [5.74, 6) is -2.34. The average Bonchev–Trinajstić information content (AvgIpc) is 2.68. The SMILES string of the molecule is CC1(C(=O)O)CC(C)(c2cc(/C=C(\F)c3ccc(C#N)cn3)ccc2F)N=C(N)S1. The predicted molar refractivity (Wildman–Crippen MR) is 112 cm³/mol. The monoisotopic (exact) mass is 428 g/mol. The number of aliphatic carboxylic acids is 1. The van der Waals surface area contributed by atoms with Gasteiger partial charge in [-0.15, -0.1) is 0 Å². The molecule has 1 aromatic carbocycles. The second-order valence-electron chi connectivity index (χ2n) is 7.31. The van der Waals surface area contributed by atoms with Crippen molar-refractivity contribution >= 4 is 34.8 Å². The van der Waals surface area contributed by atoms with Crippen LogP contribution >= 0.6 is 11.8 Å². The molecule has 3 N–H and O–H groups in total. The summed E-state index contributed by atoms with van der Waals surface area (Å²) in [4.78, 5) is 19.9. The van der Waals surface area contributed by atoms with E-state index in [9.17, 15) is 18.7 Å². The molecule has 6 nitrogen and oxygen atoms in total. The minimum Gasteiger partial charge on any atom is -0.480 e. The molecular formula is C21H18F2N4O2S. The van der Waals surface area contributed by atoms with Crippen LogP contribution in [0.15, 0.2) is 41.5 Å². The van der Waals surface area contributed by atoms with Crippen molar-refractivity contribution in [2.45, 2.75) is 30.6 Å². The zero-order valence-corrected chi connectivity index (χ0v) is 17.0. The van der Waals surface area contributed by atoms with Crippen LogP contribution in [0.4, 0.5) is 8.78 Å². The fourth-order valence-electron chi connectivity index (χ4n) is 3.37. The minimum absolute atomic E-state index is 0.00441. The summed E-state index contributed by atoms with van der Waals surface area (Å²) in [6.07, 6.45) is 2.44. The first-order chi connectivity index (χ1) is 14.1. The third-order valence-electron chi connectivity index (χ3n) is 4.82. The van der Waals surface area contributed by atoms with Crippen molar-refractivity contribution in [2.75, 3.05) is 0 Å². The molecule has 0 bridgehead atoms. The van der Waals surface area contributed by atoms with Crippen LogP contribution in [0.2, 0.25) is 0 Å². The Hall–Kier alpha value is -3.25. The van der Waals surface area contributed by atoms with Gasteiger partial charge in [0.1, 0.15) is 22.5 Å². The molecule has 0 radical (unpaired) electrons. The summed E-state index contributed by atoms with van der Waals surface area (Å²) < 4.78 is 28.0. The first kappa shape index (κ1) is 21.5. The van der Waals surface area contributed by atoms with Gasteiger partial charge in [0.2, 0.25) is 0 Å².